The molecular formula is C17H13Cl2FO. The van der Waals surface area contributed by atoms with Crippen LogP contribution in [0.25, 0.3) is 11.1 Å². The molecule has 1 fully saturated rings. The average molecular weight is 323 g/mol. The number of rotatable bonds is 1. The molecule has 0 saturated heterocycles. The van der Waals surface area contributed by atoms with E-state index in [0.717, 1.165) is 17.9 Å². The number of fused-ring (bicyclic) bond motifs is 3. The Bertz CT molecular complexity index is 734. The Morgan fingerprint density at radius 1 is 1.19 bits per heavy atom. The van der Waals surface area contributed by atoms with E-state index in [1.165, 1.54) is 29.7 Å². The van der Waals surface area contributed by atoms with Gasteiger partial charge in [0.25, 0.3) is 0 Å². The molecule has 1 aliphatic carbocycles. The van der Waals surface area contributed by atoms with Gasteiger partial charge in [0.05, 0.1) is 16.7 Å². The van der Waals surface area contributed by atoms with Crippen LogP contribution in [0.15, 0.2) is 24.3 Å². The van der Waals surface area contributed by atoms with Crippen molar-refractivity contribution in [2.75, 3.05) is 6.61 Å². The van der Waals surface area contributed by atoms with E-state index in [2.05, 4.69) is 13.0 Å². The average Bonchev–Trinajstić information content (AvgIpc) is 3.19. The quantitative estimate of drug-likeness (QED) is 0.663. The van der Waals surface area contributed by atoms with Gasteiger partial charge in [-0.1, -0.05) is 35.3 Å². The van der Waals surface area contributed by atoms with Crippen LogP contribution in [-0.4, -0.2) is 6.61 Å². The highest BCUT2D eigenvalue weighted by Crippen LogP contribution is 2.57. The van der Waals surface area contributed by atoms with Crippen molar-refractivity contribution < 1.29 is 9.13 Å². The molecule has 0 aromatic heterocycles. The normalized spacial score (nSPS) is 22.3. The van der Waals surface area contributed by atoms with Crippen LogP contribution in [0.1, 0.15) is 23.5 Å². The van der Waals surface area contributed by atoms with Gasteiger partial charge in [-0.15, -0.1) is 0 Å². The maximum absolute atomic E-state index is 13.4. The highest BCUT2D eigenvalue weighted by molar-refractivity contribution is 6.39. The third-order valence-electron chi connectivity index (χ3n) is 4.43. The number of hydrogen-bond acceptors (Lipinski definition) is 1. The van der Waals surface area contributed by atoms with E-state index in [4.69, 9.17) is 27.9 Å². The molecule has 21 heavy (non-hydrogen) atoms. The zero-order valence-corrected chi connectivity index (χ0v) is 12.9. The zero-order chi connectivity index (χ0) is 14.7. The molecule has 0 N–H and O–H groups in total. The Labute approximate surface area is 132 Å². The summed E-state index contributed by atoms with van der Waals surface area (Å²) in [4.78, 5) is 0. The van der Waals surface area contributed by atoms with Crippen LogP contribution in [0, 0.1) is 18.7 Å². The summed E-state index contributed by atoms with van der Waals surface area (Å²) in [6.07, 6.45) is 1.18. The fourth-order valence-corrected chi connectivity index (χ4v) is 3.95. The lowest BCUT2D eigenvalue weighted by molar-refractivity contribution is 0.280. The highest BCUT2D eigenvalue weighted by Gasteiger charge is 2.45. The van der Waals surface area contributed by atoms with Gasteiger partial charge in [0.15, 0.2) is 0 Å². The topological polar surface area (TPSA) is 9.23 Å². The van der Waals surface area contributed by atoms with Crippen molar-refractivity contribution in [3.8, 4) is 16.9 Å². The van der Waals surface area contributed by atoms with E-state index in [1.54, 1.807) is 0 Å². The summed E-state index contributed by atoms with van der Waals surface area (Å²) >= 11 is 12.4. The van der Waals surface area contributed by atoms with E-state index in [-0.39, 0.29) is 0 Å². The predicted molar refractivity (Wildman–Crippen MR) is 82.9 cm³/mol. The van der Waals surface area contributed by atoms with Crippen LogP contribution >= 0.6 is 23.2 Å². The number of aryl methyl sites for hydroxylation is 1. The summed E-state index contributed by atoms with van der Waals surface area (Å²) < 4.78 is 19.4. The number of ether oxygens (including phenoxy) is 1. The van der Waals surface area contributed by atoms with Crippen molar-refractivity contribution in [1.29, 1.82) is 0 Å². The highest BCUT2D eigenvalue weighted by atomic mass is 35.5. The van der Waals surface area contributed by atoms with Crippen LogP contribution in [0.4, 0.5) is 4.39 Å². The molecule has 2 aromatic rings. The van der Waals surface area contributed by atoms with Crippen LogP contribution in [0.5, 0.6) is 5.75 Å². The maximum Gasteiger partial charge on any atom is 0.130 e. The molecule has 0 bridgehead atoms. The lowest BCUT2D eigenvalue weighted by Gasteiger charge is -2.23. The molecule has 1 heterocycles. The lowest BCUT2D eigenvalue weighted by atomic mass is 9.93. The molecule has 4 rings (SSSR count). The van der Waals surface area contributed by atoms with Gasteiger partial charge in [0.1, 0.15) is 11.6 Å². The number of benzene rings is 2. The van der Waals surface area contributed by atoms with E-state index < -0.39 is 5.82 Å². The molecule has 2 atom stereocenters. The summed E-state index contributed by atoms with van der Waals surface area (Å²) in [6.45, 7) is 2.84. The molecule has 2 aliphatic rings. The fraction of sp³-hybridized carbons (Fsp3) is 0.294. The standard InChI is InChI=1S/C17H13Cl2FO/c1-8-2-3-11(16-13(18)5-10(20)6-14(16)19)17-15(8)12-4-9(12)7-21-17/h2-3,5-6,9,12H,4,7H2,1H3. The van der Waals surface area contributed by atoms with E-state index >= 15 is 0 Å². The van der Waals surface area contributed by atoms with E-state index in [9.17, 15) is 4.39 Å². The van der Waals surface area contributed by atoms with Gasteiger partial charge in [0.2, 0.25) is 0 Å². The molecule has 2 aromatic carbocycles. The van der Waals surface area contributed by atoms with Crippen LogP contribution in [0.3, 0.4) is 0 Å². The minimum Gasteiger partial charge on any atom is -0.492 e. The van der Waals surface area contributed by atoms with Gasteiger partial charge in [-0.25, -0.2) is 4.39 Å². The molecular weight excluding hydrogens is 310 g/mol. The van der Waals surface area contributed by atoms with Crippen LogP contribution < -0.4 is 4.74 Å². The minimum atomic E-state index is -0.432. The van der Waals surface area contributed by atoms with E-state index in [1.807, 2.05) is 6.07 Å². The first kappa shape index (κ1) is 13.4. The molecule has 0 radical (unpaired) electrons. The molecule has 0 amide bonds. The molecule has 108 valence electrons. The molecule has 1 saturated carbocycles. The number of halogens is 3. The Morgan fingerprint density at radius 3 is 2.62 bits per heavy atom. The number of hydrogen-bond donors (Lipinski definition) is 0. The molecule has 0 spiro atoms. The smallest absolute Gasteiger partial charge is 0.130 e. The van der Waals surface area contributed by atoms with Gasteiger partial charge in [-0.3, -0.25) is 0 Å². The van der Waals surface area contributed by atoms with E-state index in [0.29, 0.717) is 27.4 Å². The van der Waals surface area contributed by atoms with Crippen molar-refractivity contribution in [2.45, 2.75) is 19.3 Å². The SMILES string of the molecule is Cc1ccc(-c2c(Cl)cc(F)cc2Cl)c2c1C1CC1CO2. The third kappa shape index (κ3) is 2.04. The fourth-order valence-electron chi connectivity index (χ4n) is 3.29. The Morgan fingerprint density at radius 2 is 1.90 bits per heavy atom. The minimum absolute atomic E-state index is 0.313. The van der Waals surface area contributed by atoms with Crippen LogP contribution in [-0.2, 0) is 0 Å². The zero-order valence-electron chi connectivity index (χ0n) is 11.4. The first-order valence-corrected chi connectivity index (χ1v) is 7.73. The summed E-state index contributed by atoms with van der Waals surface area (Å²) in [5.41, 5.74) is 4.00. The van der Waals surface area contributed by atoms with Crippen molar-refractivity contribution in [1.82, 2.24) is 0 Å². The summed E-state index contributed by atoms with van der Waals surface area (Å²) in [5.74, 6) is 1.67. The largest absolute Gasteiger partial charge is 0.492 e. The molecule has 2 unspecified atom stereocenters. The third-order valence-corrected chi connectivity index (χ3v) is 5.02. The second kappa shape index (κ2) is 4.62. The van der Waals surface area contributed by atoms with Gasteiger partial charge >= 0.3 is 0 Å². The Balaban J connectivity index is 1.97. The summed E-state index contributed by atoms with van der Waals surface area (Å²) in [6, 6.07) is 6.60. The van der Waals surface area contributed by atoms with Crippen molar-refractivity contribution >= 4 is 23.2 Å². The Kier molecular flexibility index (Phi) is 2.95. The van der Waals surface area contributed by atoms with Crippen LogP contribution in [0.2, 0.25) is 10.0 Å². The second-order valence-electron chi connectivity index (χ2n) is 5.83. The van der Waals surface area contributed by atoms with Gasteiger partial charge in [0, 0.05) is 22.6 Å². The lowest BCUT2D eigenvalue weighted by Crippen LogP contribution is -2.11. The summed E-state index contributed by atoms with van der Waals surface area (Å²) in [7, 11) is 0. The van der Waals surface area contributed by atoms with Gasteiger partial charge in [-0.2, -0.15) is 0 Å². The summed E-state index contributed by atoms with van der Waals surface area (Å²) in [5, 5.41) is 0.625. The van der Waals surface area contributed by atoms with Crippen molar-refractivity contribution in [2.24, 2.45) is 5.92 Å². The monoisotopic (exact) mass is 322 g/mol. The second-order valence-corrected chi connectivity index (χ2v) is 6.64. The molecule has 1 nitrogen and oxygen atoms in total. The molecule has 4 heteroatoms. The van der Waals surface area contributed by atoms with Gasteiger partial charge < -0.3 is 4.74 Å². The Hall–Kier alpha value is -1.25. The molecule has 1 aliphatic heterocycles. The maximum atomic E-state index is 13.4. The predicted octanol–water partition coefficient (Wildman–Crippen LogP) is 5.60. The first-order chi connectivity index (χ1) is 10.1. The van der Waals surface area contributed by atoms with Gasteiger partial charge in [-0.05, 0) is 37.0 Å². The first-order valence-electron chi connectivity index (χ1n) is 6.97. The van der Waals surface area contributed by atoms with Crippen molar-refractivity contribution in [3.63, 3.8) is 0 Å². The van der Waals surface area contributed by atoms with Crippen molar-refractivity contribution in [3.05, 3.63) is 51.3 Å².